The van der Waals surface area contributed by atoms with E-state index in [-0.39, 0.29) is 5.91 Å². The molecule has 1 aromatic carbocycles. The highest BCUT2D eigenvalue weighted by Gasteiger charge is 2.47. The van der Waals surface area contributed by atoms with Crippen molar-refractivity contribution in [3.05, 3.63) is 34.3 Å². The molecule has 0 aromatic heterocycles. The van der Waals surface area contributed by atoms with Gasteiger partial charge >= 0.3 is 0 Å². The summed E-state index contributed by atoms with van der Waals surface area (Å²) in [7, 11) is 0. The van der Waals surface area contributed by atoms with Crippen LogP contribution >= 0.6 is 15.9 Å². The molecule has 0 spiro atoms. The van der Waals surface area contributed by atoms with Gasteiger partial charge in [0, 0.05) is 17.1 Å². The van der Waals surface area contributed by atoms with Gasteiger partial charge in [-0.3, -0.25) is 4.79 Å². The first-order valence-electron chi connectivity index (χ1n) is 7.61. The summed E-state index contributed by atoms with van der Waals surface area (Å²) in [5.74, 6) is 0.0602. The number of rotatable bonds is 4. The third kappa shape index (κ3) is 2.98. The number of carbonyl (C=O) groups is 1. The molecule has 0 heterocycles. The van der Waals surface area contributed by atoms with Crippen molar-refractivity contribution in [3.63, 3.8) is 0 Å². The number of benzene rings is 1. The molecule has 4 heteroatoms. The maximum absolute atomic E-state index is 13.0. The second-order valence-corrected chi connectivity index (χ2v) is 7.11. The van der Waals surface area contributed by atoms with Crippen LogP contribution in [-0.2, 0) is 11.3 Å². The lowest BCUT2D eigenvalue weighted by molar-refractivity contribution is -0.140. The molecular formula is C17H19BrN2O. The monoisotopic (exact) mass is 346 g/mol. The largest absolute Gasteiger partial charge is 0.334 e. The molecule has 110 valence electrons. The van der Waals surface area contributed by atoms with Crippen LogP contribution in [0, 0.1) is 16.7 Å². The van der Waals surface area contributed by atoms with Gasteiger partial charge in [-0.2, -0.15) is 5.26 Å². The number of carbonyl (C=O) groups excluding carboxylic acids is 1. The average Bonchev–Trinajstić information content (AvgIpc) is 3.21. The molecule has 2 aliphatic carbocycles. The van der Waals surface area contributed by atoms with E-state index in [0.29, 0.717) is 12.6 Å². The molecule has 3 nitrogen and oxygen atoms in total. The minimum Gasteiger partial charge on any atom is -0.334 e. The summed E-state index contributed by atoms with van der Waals surface area (Å²) >= 11 is 3.48. The van der Waals surface area contributed by atoms with Crippen LogP contribution in [0.5, 0.6) is 0 Å². The van der Waals surface area contributed by atoms with Gasteiger partial charge in [0.25, 0.3) is 0 Å². The van der Waals surface area contributed by atoms with Gasteiger partial charge in [0.05, 0.1) is 6.07 Å². The van der Waals surface area contributed by atoms with E-state index in [9.17, 15) is 10.1 Å². The molecule has 2 aliphatic rings. The van der Waals surface area contributed by atoms with Gasteiger partial charge in [-0.05, 0) is 43.4 Å². The van der Waals surface area contributed by atoms with Gasteiger partial charge < -0.3 is 4.90 Å². The van der Waals surface area contributed by atoms with Crippen molar-refractivity contribution in [2.45, 2.75) is 51.1 Å². The normalized spacial score (nSPS) is 20.0. The second kappa shape index (κ2) is 5.81. The van der Waals surface area contributed by atoms with Crippen LogP contribution in [0.4, 0.5) is 0 Å². The lowest BCUT2D eigenvalue weighted by atomic mass is 9.86. The summed E-state index contributed by atoms with van der Waals surface area (Å²) in [6.45, 7) is 0.617. The van der Waals surface area contributed by atoms with E-state index in [0.717, 1.165) is 48.6 Å². The maximum Gasteiger partial charge on any atom is 0.243 e. The highest BCUT2D eigenvalue weighted by atomic mass is 79.9. The van der Waals surface area contributed by atoms with Crippen LogP contribution in [-0.4, -0.2) is 16.8 Å². The Morgan fingerprint density at radius 1 is 1.38 bits per heavy atom. The van der Waals surface area contributed by atoms with Crippen LogP contribution in [0.25, 0.3) is 0 Å². The summed E-state index contributed by atoms with van der Waals surface area (Å²) in [5.41, 5.74) is 0.366. The Balaban J connectivity index is 1.82. The molecule has 2 saturated carbocycles. The number of halogens is 1. The standard InChI is InChI=1S/C17H19BrN2O/c18-14-5-3-4-13(10-14)11-20(15-6-7-15)16(21)17(12-19)8-1-2-9-17/h3-5,10,15H,1-2,6-9,11H2. The van der Waals surface area contributed by atoms with E-state index in [1.807, 2.05) is 23.1 Å². The zero-order valence-electron chi connectivity index (χ0n) is 12.0. The first-order chi connectivity index (χ1) is 10.1. The highest BCUT2D eigenvalue weighted by Crippen LogP contribution is 2.42. The van der Waals surface area contributed by atoms with E-state index in [2.05, 4.69) is 28.1 Å². The van der Waals surface area contributed by atoms with Crippen LogP contribution in [0.3, 0.4) is 0 Å². The molecule has 0 saturated heterocycles. The zero-order valence-corrected chi connectivity index (χ0v) is 13.6. The number of hydrogen-bond donors (Lipinski definition) is 0. The second-order valence-electron chi connectivity index (χ2n) is 6.20. The van der Waals surface area contributed by atoms with E-state index >= 15 is 0 Å². The summed E-state index contributed by atoms with van der Waals surface area (Å²) in [6, 6.07) is 10.7. The molecule has 0 aliphatic heterocycles. The van der Waals surface area contributed by atoms with Crippen molar-refractivity contribution in [1.82, 2.24) is 4.90 Å². The van der Waals surface area contributed by atoms with E-state index in [1.165, 1.54) is 0 Å². The lowest BCUT2D eigenvalue weighted by Crippen LogP contribution is -2.42. The van der Waals surface area contributed by atoms with Crippen LogP contribution in [0.1, 0.15) is 44.1 Å². The smallest absolute Gasteiger partial charge is 0.243 e. The Morgan fingerprint density at radius 2 is 2.10 bits per heavy atom. The summed E-state index contributed by atoms with van der Waals surface area (Å²) in [6.07, 6.45) is 5.58. The Labute approximate surface area is 134 Å². The van der Waals surface area contributed by atoms with Crippen molar-refractivity contribution in [3.8, 4) is 6.07 Å². The van der Waals surface area contributed by atoms with Gasteiger partial charge in [0.15, 0.2) is 0 Å². The molecule has 2 fully saturated rings. The topological polar surface area (TPSA) is 44.1 Å². The van der Waals surface area contributed by atoms with Crippen LogP contribution < -0.4 is 0 Å². The molecule has 1 amide bonds. The number of amides is 1. The molecule has 3 rings (SSSR count). The van der Waals surface area contributed by atoms with Gasteiger partial charge in [0.1, 0.15) is 5.41 Å². The summed E-state index contributed by atoms with van der Waals surface area (Å²) in [4.78, 5) is 14.9. The fourth-order valence-electron chi connectivity index (χ4n) is 3.21. The Kier molecular flexibility index (Phi) is 4.03. The molecule has 0 atom stereocenters. The van der Waals surface area contributed by atoms with E-state index < -0.39 is 5.41 Å². The van der Waals surface area contributed by atoms with Crippen molar-refractivity contribution in [1.29, 1.82) is 5.26 Å². The minimum absolute atomic E-state index is 0.0602. The van der Waals surface area contributed by atoms with Crippen LogP contribution in [0.2, 0.25) is 0 Å². The van der Waals surface area contributed by atoms with Gasteiger partial charge in [-0.15, -0.1) is 0 Å². The molecule has 1 aromatic rings. The molecule has 0 unspecified atom stereocenters. The number of hydrogen-bond acceptors (Lipinski definition) is 2. The molecule has 0 radical (unpaired) electrons. The summed E-state index contributed by atoms with van der Waals surface area (Å²) in [5, 5.41) is 9.54. The van der Waals surface area contributed by atoms with E-state index in [1.54, 1.807) is 0 Å². The fraction of sp³-hybridized carbons (Fsp3) is 0.529. The first-order valence-corrected chi connectivity index (χ1v) is 8.41. The third-order valence-electron chi connectivity index (χ3n) is 4.57. The SMILES string of the molecule is N#CC1(C(=O)N(Cc2cccc(Br)c2)C2CC2)CCCC1. The Morgan fingerprint density at radius 3 is 2.67 bits per heavy atom. The third-order valence-corrected chi connectivity index (χ3v) is 5.06. The summed E-state index contributed by atoms with van der Waals surface area (Å²) < 4.78 is 1.03. The lowest BCUT2D eigenvalue weighted by Gasteiger charge is -2.30. The highest BCUT2D eigenvalue weighted by molar-refractivity contribution is 9.10. The predicted octanol–water partition coefficient (Wildman–Crippen LogP) is 4.02. The number of nitrogens with zero attached hydrogens (tertiary/aromatic N) is 2. The molecule has 0 N–H and O–H groups in total. The first kappa shape index (κ1) is 14.6. The van der Waals surface area contributed by atoms with Crippen molar-refractivity contribution >= 4 is 21.8 Å². The molecular weight excluding hydrogens is 328 g/mol. The minimum atomic E-state index is -0.755. The van der Waals surface area contributed by atoms with Gasteiger partial charge in [-0.25, -0.2) is 0 Å². The Bertz CT molecular complexity index is 583. The fourth-order valence-corrected chi connectivity index (χ4v) is 3.66. The quantitative estimate of drug-likeness (QED) is 0.826. The van der Waals surface area contributed by atoms with Gasteiger partial charge in [-0.1, -0.05) is 40.9 Å². The van der Waals surface area contributed by atoms with Crippen LogP contribution in [0.15, 0.2) is 28.7 Å². The predicted molar refractivity (Wildman–Crippen MR) is 84.2 cm³/mol. The van der Waals surface area contributed by atoms with Crippen molar-refractivity contribution in [2.24, 2.45) is 5.41 Å². The van der Waals surface area contributed by atoms with E-state index in [4.69, 9.17) is 0 Å². The molecule has 21 heavy (non-hydrogen) atoms. The van der Waals surface area contributed by atoms with Gasteiger partial charge in [0.2, 0.25) is 5.91 Å². The average molecular weight is 347 g/mol. The molecule has 0 bridgehead atoms. The van der Waals surface area contributed by atoms with Crippen molar-refractivity contribution < 1.29 is 4.79 Å². The Hall–Kier alpha value is -1.34. The maximum atomic E-state index is 13.0. The zero-order chi connectivity index (χ0) is 14.9. The number of nitriles is 1. The van der Waals surface area contributed by atoms with Crippen molar-refractivity contribution in [2.75, 3.05) is 0 Å².